The zero-order chi connectivity index (χ0) is 15.5. The first-order chi connectivity index (χ1) is 10.6. The van der Waals surface area contributed by atoms with Crippen LogP contribution in [0.2, 0.25) is 0 Å². The lowest BCUT2D eigenvalue weighted by Gasteiger charge is -2.09. The molecule has 0 radical (unpaired) electrons. The highest BCUT2D eigenvalue weighted by molar-refractivity contribution is 6.19. The number of benzene rings is 2. The molecule has 110 valence electrons. The zero-order valence-corrected chi connectivity index (χ0v) is 11.7. The van der Waals surface area contributed by atoms with Crippen molar-refractivity contribution in [3.05, 3.63) is 65.7 Å². The second-order valence-electron chi connectivity index (χ2n) is 4.99. The minimum Gasteiger partial charge on any atom is -0.481 e. The molecular weight excluding hydrogens is 280 g/mol. The van der Waals surface area contributed by atoms with Gasteiger partial charge < -0.3 is 10.4 Å². The number of para-hydroxylation sites is 1. The van der Waals surface area contributed by atoms with Crippen LogP contribution in [0.15, 0.2) is 59.6 Å². The van der Waals surface area contributed by atoms with Gasteiger partial charge in [0.15, 0.2) is 0 Å². The van der Waals surface area contributed by atoms with E-state index in [-0.39, 0.29) is 6.42 Å². The molecule has 0 bridgehead atoms. The number of hydrogen-bond donors (Lipinski definition) is 2. The maximum absolute atomic E-state index is 12.2. The number of carboxylic acids is 1. The molecule has 0 saturated carbocycles. The summed E-state index contributed by atoms with van der Waals surface area (Å²) in [4.78, 5) is 27.6. The van der Waals surface area contributed by atoms with Gasteiger partial charge in [0.25, 0.3) is 0 Å². The molecule has 0 spiro atoms. The Morgan fingerprint density at radius 1 is 1.09 bits per heavy atom. The number of nitrogens with one attached hydrogen (secondary N) is 1. The summed E-state index contributed by atoms with van der Waals surface area (Å²) in [6.07, 6.45) is -0.337. The van der Waals surface area contributed by atoms with Crippen LogP contribution in [0.5, 0.6) is 0 Å². The minimum atomic E-state index is -1.05. The Hall–Kier alpha value is -2.95. The topological polar surface area (TPSA) is 78.8 Å². The smallest absolute Gasteiger partial charge is 0.306 e. The number of aliphatic carboxylic acids is 1. The van der Waals surface area contributed by atoms with Gasteiger partial charge in [-0.25, -0.2) is 0 Å². The van der Waals surface area contributed by atoms with Crippen LogP contribution >= 0.6 is 0 Å². The highest BCUT2D eigenvalue weighted by Crippen LogP contribution is 2.24. The molecule has 0 aliphatic carbocycles. The number of benzodiazepines with no additional fused rings is 1. The highest BCUT2D eigenvalue weighted by Gasteiger charge is 2.27. The van der Waals surface area contributed by atoms with Gasteiger partial charge in [-0.15, -0.1) is 0 Å². The Kier molecular flexibility index (Phi) is 3.70. The number of anilines is 1. The van der Waals surface area contributed by atoms with Crippen molar-refractivity contribution < 1.29 is 14.7 Å². The largest absolute Gasteiger partial charge is 0.481 e. The Morgan fingerprint density at radius 2 is 1.77 bits per heavy atom. The van der Waals surface area contributed by atoms with Crippen molar-refractivity contribution in [2.24, 2.45) is 4.99 Å². The van der Waals surface area contributed by atoms with Crippen molar-refractivity contribution >= 4 is 23.3 Å². The number of rotatable bonds is 3. The van der Waals surface area contributed by atoms with Crippen molar-refractivity contribution in [2.45, 2.75) is 12.5 Å². The second-order valence-corrected chi connectivity index (χ2v) is 4.99. The molecule has 5 nitrogen and oxygen atoms in total. The van der Waals surface area contributed by atoms with E-state index in [9.17, 15) is 9.59 Å². The second kappa shape index (κ2) is 5.81. The van der Waals surface area contributed by atoms with E-state index in [1.807, 2.05) is 48.5 Å². The van der Waals surface area contributed by atoms with Crippen LogP contribution in [0.4, 0.5) is 5.69 Å². The summed E-state index contributed by atoms with van der Waals surface area (Å²) in [5, 5.41) is 11.8. The molecule has 1 unspecified atom stereocenters. The summed E-state index contributed by atoms with van der Waals surface area (Å²) in [5.41, 5.74) is 2.90. The molecule has 1 heterocycles. The number of nitrogens with zero attached hydrogens (tertiary/aromatic N) is 1. The van der Waals surface area contributed by atoms with E-state index in [4.69, 9.17) is 5.11 Å². The predicted molar refractivity (Wildman–Crippen MR) is 83.2 cm³/mol. The fourth-order valence-corrected chi connectivity index (χ4v) is 2.43. The first-order valence-electron chi connectivity index (χ1n) is 6.90. The monoisotopic (exact) mass is 294 g/mol. The van der Waals surface area contributed by atoms with Crippen molar-refractivity contribution in [2.75, 3.05) is 5.32 Å². The summed E-state index contributed by atoms with van der Waals surface area (Å²) < 4.78 is 0. The molecule has 2 aromatic carbocycles. The molecule has 0 aromatic heterocycles. The van der Waals surface area contributed by atoms with Gasteiger partial charge in [0.05, 0.1) is 17.8 Å². The number of aliphatic imine (C=N–C) groups is 1. The number of amides is 1. The van der Waals surface area contributed by atoms with Gasteiger partial charge in [0, 0.05) is 11.1 Å². The average Bonchev–Trinajstić information content (AvgIpc) is 2.65. The molecule has 1 aliphatic heterocycles. The summed E-state index contributed by atoms with van der Waals surface area (Å²) >= 11 is 0. The number of fused-ring (bicyclic) bond motifs is 1. The van der Waals surface area contributed by atoms with E-state index in [0.29, 0.717) is 11.4 Å². The lowest BCUT2D eigenvalue weighted by atomic mass is 10.0. The van der Waals surface area contributed by atoms with E-state index < -0.39 is 17.9 Å². The van der Waals surface area contributed by atoms with E-state index >= 15 is 0 Å². The molecule has 0 fully saturated rings. The first-order valence-corrected chi connectivity index (χ1v) is 6.90. The van der Waals surface area contributed by atoms with Crippen LogP contribution in [0.25, 0.3) is 0 Å². The van der Waals surface area contributed by atoms with Gasteiger partial charge in [-0.05, 0) is 6.07 Å². The van der Waals surface area contributed by atoms with E-state index in [0.717, 1.165) is 11.1 Å². The quantitative estimate of drug-likeness (QED) is 0.911. The van der Waals surface area contributed by atoms with Gasteiger partial charge in [-0.1, -0.05) is 48.5 Å². The van der Waals surface area contributed by atoms with Crippen LogP contribution in [-0.2, 0) is 9.59 Å². The number of carbonyl (C=O) groups excluding carboxylic acids is 1. The molecule has 2 aromatic rings. The predicted octanol–water partition coefficient (Wildman–Crippen LogP) is 2.32. The van der Waals surface area contributed by atoms with Crippen LogP contribution in [0.3, 0.4) is 0 Å². The third kappa shape index (κ3) is 2.74. The molecule has 1 aliphatic rings. The van der Waals surface area contributed by atoms with E-state index in [1.165, 1.54) is 0 Å². The summed E-state index contributed by atoms with van der Waals surface area (Å²) in [5.74, 6) is -1.46. The molecule has 1 atom stereocenters. The summed E-state index contributed by atoms with van der Waals surface area (Å²) in [6.45, 7) is 0. The first kappa shape index (κ1) is 14.0. The fraction of sp³-hybridized carbons (Fsp3) is 0.118. The van der Waals surface area contributed by atoms with Crippen molar-refractivity contribution in [3.63, 3.8) is 0 Å². The Balaban J connectivity index is 2.15. The van der Waals surface area contributed by atoms with Gasteiger partial charge in [-0.2, -0.15) is 0 Å². The standard InChI is InChI=1S/C17H14N2O3/c20-15(21)10-14-17(22)19-13-9-5-4-8-12(13)16(18-14)11-6-2-1-3-7-11/h1-9,14H,10H2,(H,19,22)(H,20,21). The van der Waals surface area contributed by atoms with Crippen molar-refractivity contribution in [1.82, 2.24) is 0 Å². The Bertz CT molecular complexity index is 754. The van der Waals surface area contributed by atoms with Crippen LogP contribution in [-0.4, -0.2) is 28.7 Å². The highest BCUT2D eigenvalue weighted by atomic mass is 16.4. The van der Waals surface area contributed by atoms with Gasteiger partial charge >= 0.3 is 5.97 Å². The van der Waals surface area contributed by atoms with E-state index in [1.54, 1.807) is 6.07 Å². The number of carboxylic acid groups (broad SMARTS) is 1. The van der Waals surface area contributed by atoms with Crippen LogP contribution < -0.4 is 5.32 Å². The molecule has 0 saturated heterocycles. The minimum absolute atomic E-state index is 0.337. The third-order valence-electron chi connectivity index (χ3n) is 3.44. The lowest BCUT2D eigenvalue weighted by molar-refractivity contribution is -0.138. The van der Waals surface area contributed by atoms with Gasteiger partial charge in [-0.3, -0.25) is 14.6 Å². The fourth-order valence-electron chi connectivity index (χ4n) is 2.43. The van der Waals surface area contributed by atoms with Crippen molar-refractivity contribution in [3.8, 4) is 0 Å². The summed E-state index contributed by atoms with van der Waals surface area (Å²) in [6, 6.07) is 15.8. The normalized spacial score (nSPS) is 17.0. The molecule has 3 rings (SSSR count). The molecular formula is C17H14N2O3. The maximum atomic E-state index is 12.2. The Morgan fingerprint density at radius 3 is 2.50 bits per heavy atom. The van der Waals surface area contributed by atoms with Gasteiger partial charge in [0.2, 0.25) is 5.91 Å². The number of hydrogen-bond acceptors (Lipinski definition) is 3. The molecule has 2 N–H and O–H groups in total. The van der Waals surface area contributed by atoms with Gasteiger partial charge in [0.1, 0.15) is 6.04 Å². The maximum Gasteiger partial charge on any atom is 0.306 e. The van der Waals surface area contributed by atoms with Crippen LogP contribution in [0, 0.1) is 0 Å². The SMILES string of the molecule is O=C(O)CC1N=C(c2ccccc2)c2ccccc2NC1=O. The van der Waals surface area contributed by atoms with Crippen molar-refractivity contribution in [1.29, 1.82) is 0 Å². The molecule has 5 heteroatoms. The number of carbonyl (C=O) groups is 2. The summed E-state index contributed by atoms with van der Waals surface area (Å²) in [7, 11) is 0. The van der Waals surface area contributed by atoms with E-state index in [2.05, 4.69) is 10.3 Å². The molecule has 22 heavy (non-hydrogen) atoms. The third-order valence-corrected chi connectivity index (χ3v) is 3.44. The molecule has 1 amide bonds. The zero-order valence-electron chi connectivity index (χ0n) is 11.7. The Labute approximate surface area is 127 Å². The van der Waals surface area contributed by atoms with Crippen LogP contribution in [0.1, 0.15) is 17.5 Å². The lowest BCUT2D eigenvalue weighted by Crippen LogP contribution is -2.27. The average molecular weight is 294 g/mol.